The largest absolute Gasteiger partial charge is 0.494 e. The highest BCUT2D eigenvalue weighted by atomic mass is 19.1. The first kappa shape index (κ1) is 22.1. The summed E-state index contributed by atoms with van der Waals surface area (Å²) < 4.78 is 26.5. The van der Waals surface area contributed by atoms with Crippen LogP contribution in [0.15, 0.2) is 53.3 Å². The molecule has 2 aromatic heterocycles. The molecule has 0 amide bonds. The number of para-hydroxylation sites is 1. The number of rotatable bonds is 5. The number of anilines is 1. The highest BCUT2D eigenvalue weighted by Gasteiger charge is 2.29. The smallest absolute Gasteiger partial charge is 0.273 e. The molecule has 1 aliphatic heterocycles. The summed E-state index contributed by atoms with van der Waals surface area (Å²) in [5.41, 5.74) is 2.90. The van der Waals surface area contributed by atoms with E-state index >= 15 is 0 Å². The third-order valence-electron chi connectivity index (χ3n) is 6.65. The van der Waals surface area contributed by atoms with Gasteiger partial charge in [-0.05, 0) is 44.0 Å². The standard InChI is InChI=1S/C25H26FN5O3/c1-25(34-3)11-13-30(14-12-25)17-9-7-16(8-10-17)22-23-19(27-28-22)15-21(32)31(29-23)24-18(26)5-4-6-20(24)33-2/h4-10,15,27H,11-14H2,1-3H3. The number of fused-ring (bicyclic) bond motifs is 1. The maximum absolute atomic E-state index is 14.6. The van der Waals surface area contributed by atoms with Crippen LogP contribution in [-0.4, -0.2) is 52.9 Å². The number of nitrogens with zero attached hydrogens (tertiary/aromatic N) is 4. The fraction of sp³-hybridized carbons (Fsp3) is 0.320. The van der Waals surface area contributed by atoms with Crippen LogP contribution in [0.3, 0.4) is 0 Å². The molecule has 34 heavy (non-hydrogen) atoms. The molecule has 0 spiro atoms. The van der Waals surface area contributed by atoms with Gasteiger partial charge in [0.2, 0.25) is 0 Å². The van der Waals surface area contributed by atoms with E-state index in [0.29, 0.717) is 16.7 Å². The zero-order valence-corrected chi connectivity index (χ0v) is 19.3. The second kappa shape index (κ2) is 8.57. The molecule has 1 aliphatic rings. The zero-order valence-electron chi connectivity index (χ0n) is 19.3. The molecule has 0 aliphatic carbocycles. The minimum Gasteiger partial charge on any atom is -0.494 e. The lowest BCUT2D eigenvalue weighted by Gasteiger charge is -2.39. The van der Waals surface area contributed by atoms with E-state index in [0.717, 1.165) is 41.9 Å². The molecule has 1 N–H and O–H groups in total. The highest BCUT2D eigenvalue weighted by molar-refractivity contribution is 5.89. The number of benzene rings is 2. The van der Waals surface area contributed by atoms with Gasteiger partial charge in [-0.1, -0.05) is 18.2 Å². The average molecular weight is 464 g/mol. The molecular formula is C25H26FN5O3. The monoisotopic (exact) mass is 463 g/mol. The van der Waals surface area contributed by atoms with Gasteiger partial charge in [0.25, 0.3) is 5.56 Å². The molecule has 8 nitrogen and oxygen atoms in total. The van der Waals surface area contributed by atoms with Crippen LogP contribution < -0.4 is 15.2 Å². The molecule has 1 fully saturated rings. The normalized spacial score (nSPS) is 15.6. The first-order valence-electron chi connectivity index (χ1n) is 11.1. The molecule has 3 heterocycles. The Balaban J connectivity index is 1.50. The summed E-state index contributed by atoms with van der Waals surface area (Å²) in [4.78, 5) is 15.0. The van der Waals surface area contributed by atoms with Gasteiger partial charge in [0.15, 0.2) is 5.82 Å². The van der Waals surface area contributed by atoms with E-state index in [1.807, 2.05) is 12.1 Å². The van der Waals surface area contributed by atoms with Gasteiger partial charge in [0.1, 0.15) is 22.6 Å². The number of aromatic nitrogens is 4. The Morgan fingerprint density at radius 2 is 1.82 bits per heavy atom. The number of halogens is 1. The second-order valence-corrected chi connectivity index (χ2v) is 8.71. The molecule has 176 valence electrons. The van der Waals surface area contributed by atoms with Crippen LogP contribution in [0.25, 0.3) is 28.0 Å². The molecule has 1 saturated heterocycles. The van der Waals surface area contributed by atoms with Crippen LogP contribution in [0, 0.1) is 5.82 Å². The molecule has 0 bridgehead atoms. The lowest BCUT2D eigenvalue weighted by atomic mass is 9.93. The topological polar surface area (TPSA) is 85.3 Å². The number of aromatic amines is 1. The van der Waals surface area contributed by atoms with E-state index in [1.165, 1.54) is 25.3 Å². The van der Waals surface area contributed by atoms with Crippen molar-refractivity contribution < 1.29 is 13.9 Å². The number of hydrogen-bond acceptors (Lipinski definition) is 6. The van der Waals surface area contributed by atoms with Crippen molar-refractivity contribution in [2.24, 2.45) is 0 Å². The summed E-state index contributed by atoms with van der Waals surface area (Å²) >= 11 is 0. The molecule has 0 saturated carbocycles. The molecule has 5 rings (SSSR count). The molecule has 0 radical (unpaired) electrons. The first-order chi connectivity index (χ1) is 16.4. The summed E-state index contributed by atoms with van der Waals surface area (Å²) in [6, 6.07) is 13.8. The van der Waals surface area contributed by atoms with Crippen molar-refractivity contribution in [3.8, 4) is 22.7 Å². The number of H-pyrrole nitrogens is 1. The van der Waals surface area contributed by atoms with Crippen molar-refractivity contribution in [2.45, 2.75) is 25.4 Å². The van der Waals surface area contributed by atoms with Crippen molar-refractivity contribution in [2.75, 3.05) is 32.2 Å². The summed E-state index contributed by atoms with van der Waals surface area (Å²) in [5.74, 6) is -0.386. The van der Waals surface area contributed by atoms with Crippen molar-refractivity contribution >= 4 is 16.7 Å². The van der Waals surface area contributed by atoms with Crippen molar-refractivity contribution in [1.29, 1.82) is 0 Å². The van der Waals surface area contributed by atoms with Crippen LogP contribution in [0.4, 0.5) is 10.1 Å². The van der Waals surface area contributed by atoms with E-state index in [9.17, 15) is 9.18 Å². The Kier molecular flexibility index (Phi) is 5.57. The molecule has 9 heteroatoms. The van der Waals surface area contributed by atoms with Gasteiger partial charge in [-0.3, -0.25) is 9.89 Å². The molecule has 0 atom stereocenters. The van der Waals surface area contributed by atoms with Crippen molar-refractivity contribution in [1.82, 2.24) is 20.0 Å². The first-order valence-corrected chi connectivity index (χ1v) is 11.1. The van der Waals surface area contributed by atoms with Gasteiger partial charge in [-0.2, -0.15) is 14.9 Å². The maximum Gasteiger partial charge on any atom is 0.273 e. The number of nitrogens with one attached hydrogen (secondary N) is 1. The van der Waals surface area contributed by atoms with Gasteiger partial charge >= 0.3 is 0 Å². The van der Waals surface area contributed by atoms with E-state index in [2.05, 4.69) is 39.3 Å². The average Bonchev–Trinajstić information content (AvgIpc) is 3.26. The Hall–Kier alpha value is -3.72. The molecule has 4 aromatic rings. The number of hydrogen-bond donors (Lipinski definition) is 1. The minimum absolute atomic E-state index is 0.0347. The third-order valence-corrected chi connectivity index (χ3v) is 6.65. The van der Waals surface area contributed by atoms with E-state index in [4.69, 9.17) is 9.47 Å². The fourth-order valence-electron chi connectivity index (χ4n) is 4.38. The van der Waals surface area contributed by atoms with Crippen molar-refractivity contribution in [3.05, 3.63) is 64.7 Å². The van der Waals surface area contributed by atoms with Gasteiger partial charge < -0.3 is 14.4 Å². The lowest BCUT2D eigenvalue weighted by molar-refractivity contribution is -0.0132. The van der Waals surface area contributed by atoms with E-state index in [-0.39, 0.29) is 17.0 Å². The van der Waals surface area contributed by atoms with Crippen LogP contribution >= 0.6 is 0 Å². The number of ether oxygens (including phenoxy) is 2. The predicted molar refractivity (Wildman–Crippen MR) is 128 cm³/mol. The summed E-state index contributed by atoms with van der Waals surface area (Å²) in [6.45, 7) is 4.00. The Morgan fingerprint density at radius 1 is 1.09 bits per heavy atom. The molecular weight excluding hydrogens is 437 g/mol. The molecule has 2 aromatic carbocycles. The summed E-state index contributed by atoms with van der Waals surface area (Å²) in [6.07, 6.45) is 1.94. The SMILES string of the molecule is COc1cccc(F)c1-n1nc2c(-c3ccc(N4CCC(C)(OC)CC4)cc3)n[nH]c2cc1=O. The Morgan fingerprint density at radius 3 is 2.50 bits per heavy atom. The third kappa shape index (κ3) is 3.81. The Bertz CT molecular complexity index is 1390. The van der Waals surface area contributed by atoms with Gasteiger partial charge in [0, 0.05) is 37.5 Å². The van der Waals surface area contributed by atoms with Crippen LogP contribution in [0.5, 0.6) is 5.75 Å². The van der Waals surface area contributed by atoms with Gasteiger partial charge in [-0.25, -0.2) is 4.39 Å². The maximum atomic E-state index is 14.6. The highest BCUT2D eigenvalue weighted by Crippen LogP contribution is 2.31. The summed E-state index contributed by atoms with van der Waals surface area (Å²) in [5, 5.41) is 11.7. The van der Waals surface area contributed by atoms with Crippen LogP contribution in [-0.2, 0) is 4.74 Å². The van der Waals surface area contributed by atoms with E-state index < -0.39 is 11.4 Å². The summed E-state index contributed by atoms with van der Waals surface area (Å²) in [7, 11) is 3.19. The van der Waals surface area contributed by atoms with Crippen molar-refractivity contribution in [3.63, 3.8) is 0 Å². The number of piperidine rings is 1. The quantitative estimate of drug-likeness (QED) is 0.483. The number of methoxy groups -OCH3 is 2. The van der Waals surface area contributed by atoms with Crippen LogP contribution in [0.2, 0.25) is 0 Å². The second-order valence-electron chi connectivity index (χ2n) is 8.71. The van der Waals surface area contributed by atoms with Gasteiger partial charge in [-0.15, -0.1) is 0 Å². The lowest BCUT2D eigenvalue weighted by Crippen LogP contribution is -2.43. The van der Waals surface area contributed by atoms with Crippen LogP contribution in [0.1, 0.15) is 19.8 Å². The minimum atomic E-state index is -0.603. The van der Waals surface area contributed by atoms with E-state index in [1.54, 1.807) is 13.2 Å². The molecule has 0 unspecified atom stereocenters. The predicted octanol–water partition coefficient (Wildman–Crippen LogP) is 3.93. The Labute approximate surface area is 195 Å². The fourth-order valence-corrected chi connectivity index (χ4v) is 4.38. The van der Waals surface area contributed by atoms with Gasteiger partial charge in [0.05, 0.1) is 18.2 Å². The zero-order chi connectivity index (χ0) is 23.9.